The van der Waals surface area contributed by atoms with Crippen molar-refractivity contribution in [1.82, 2.24) is 4.98 Å². The molecule has 3 heteroatoms. The molecule has 10 heavy (non-hydrogen) atoms. The molecule has 1 aromatic heterocycles. The van der Waals surface area contributed by atoms with Gasteiger partial charge in [0, 0.05) is 25.5 Å². The van der Waals surface area contributed by atoms with Gasteiger partial charge in [-0.2, -0.15) is 0 Å². The third-order valence-electron chi connectivity index (χ3n) is 1.31. The lowest BCUT2D eigenvalue weighted by Gasteiger charge is -1.99. The van der Waals surface area contributed by atoms with Crippen LogP contribution in [0.25, 0.3) is 0 Å². The fourth-order valence-corrected chi connectivity index (χ4v) is 0.745. The lowest BCUT2D eigenvalue weighted by Crippen LogP contribution is -2.00. The first-order chi connectivity index (χ1) is 4.86. The molecule has 0 radical (unpaired) electrons. The van der Waals surface area contributed by atoms with Crippen LogP contribution in [0.15, 0.2) is 18.3 Å². The Hall–Kier alpha value is -1.09. The van der Waals surface area contributed by atoms with Gasteiger partial charge in [0.2, 0.25) is 0 Å². The molecule has 0 unspecified atom stereocenters. The van der Waals surface area contributed by atoms with Crippen LogP contribution in [0.1, 0.15) is 5.69 Å². The second-order valence-corrected chi connectivity index (χ2v) is 1.99. The molecule has 0 fully saturated rings. The van der Waals surface area contributed by atoms with Crippen molar-refractivity contribution in [3.05, 3.63) is 24.0 Å². The molecule has 3 nitrogen and oxygen atoms in total. The van der Waals surface area contributed by atoms with Crippen LogP contribution < -0.4 is 11.1 Å². The average molecular weight is 137 g/mol. The Balaban J connectivity index is 2.87. The van der Waals surface area contributed by atoms with Gasteiger partial charge in [-0.15, -0.1) is 0 Å². The normalized spacial score (nSPS) is 9.40. The lowest BCUT2D eigenvalue weighted by atomic mass is 10.3. The van der Waals surface area contributed by atoms with E-state index >= 15 is 0 Å². The van der Waals surface area contributed by atoms with Crippen molar-refractivity contribution in [3.63, 3.8) is 0 Å². The maximum absolute atomic E-state index is 5.38. The topological polar surface area (TPSA) is 50.9 Å². The second kappa shape index (κ2) is 3.17. The first-order valence-corrected chi connectivity index (χ1v) is 3.19. The fraction of sp³-hybridized carbons (Fsp3) is 0.286. The monoisotopic (exact) mass is 137 g/mol. The van der Waals surface area contributed by atoms with E-state index in [4.69, 9.17) is 5.73 Å². The van der Waals surface area contributed by atoms with Crippen molar-refractivity contribution in [1.29, 1.82) is 0 Å². The van der Waals surface area contributed by atoms with Crippen LogP contribution in [-0.2, 0) is 6.54 Å². The van der Waals surface area contributed by atoms with Gasteiger partial charge in [0.1, 0.15) is 0 Å². The summed E-state index contributed by atoms with van der Waals surface area (Å²) in [5, 5.41) is 3.01. The van der Waals surface area contributed by atoms with E-state index in [0.29, 0.717) is 6.54 Å². The molecule has 1 rings (SSSR count). The van der Waals surface area contributed by atoms with Crippen LogP contribution in [0.3, 0.4) is 0 Å². The standard InChI is InChI=1S/C7H11N3/c1-9-6-2-3-10-7(4-6)5-8/h2-4H,5,8H2,1H3,(H,9,10). The predicted molar refractivity (Wildman–Crippen MR) is 41.7 cm³/mol. The number of hydrogen-bond donors (Lipinski definition) is 2. The molecule has 0 atom stereocenters. The second-order valence-electron chi connectivity index (χ2n) is 1.99. The van der Waals surface area contributed by atoms with E-state index in [9.17, 15) is 0 Å². The van der Waals surface area contributed by atoms with E-state index in [2.05, 4.69) is 10.3 Å². The molecule has 0 aliphatic carbocycles. The molecule has 0 aromatic carbocycles. The van der Waals surface area contributed by atoms with Gasteiger partial charge in [0.15, 0.2) is 0 Å². The highest BCUT2D eigenvalue weighted by Gasteiger charge is 1.90. The summed E-state index contributed by atoms with van der Waals surface area (Å²) in [5.41, 5.74) is 7.34. The van der Waals surface area contributed by atoms with Crippen LogP contribution in [0, 0.1) is 0 Å². The molecule has 3 N–H and O–H groups in total. The van der Waals surface area contributed by atoms with E-state index in [1.807, 2.05) is 19.2 Å². The summed E-state index contributed by atoms with van der Waals surface area (Å²) in [6.45, 7) is 0.496. The Kier molecular flexibility index (Phi) is 2.23. The van der Waals surface area contributed by atoms with Gasteiger partial charge in [-0.25, -0.2) is 0 Å². The van der Waals surface area contributed by atoms with Gasteiger partial charge in [-0.1, -0.05) is 0 Å². The number of anilines is 1. The van der Waals surface area contributed by atoms with Crippen LogP contribution in [0.4, 0.5) is 5.69 Å². The highest BCUT2D eigenvalue weighted by Crippen LogP contribution is 2.05. The van der Waals surface area contributed by atoms with Gasteiger partial charge in [-0.05, 0) is 12.1 Å². The first-order valence-electron chi connectivity index (χ1n) is 3.19. The molecule has 0 aliphatic rings. The third kappa shape index (κ3) is 1.45. The van der Waals surface area contributed by atoms with E-state index in [0.717, 1.165) is 11.4 Å². The minimum atomic E-state index is 0.496. The number of nitrogens with zero attached hydrogens (tertiary/aromatic N) is 1. The minimum Gasteiger partial charge on any atom is -0.388 e. The van der Waals surface area contributed by atoms with Gasteiger partial charge in [0.05, 0.1) is 5.69 Å². The predicted octanol–water partition coefficient (Wildman–Crippen LogP) is 0.582. The third-order valence-corrected chi connectivity index (χ3v) is 1.31. The Bertz CT molecular complexity index is 191. The van der Waals surface area contributed by atoms with Crippen LogP contribution in [-0.4, -0.2) is 12.0 Å². The van der Waals surface area contributed by atoms with Crippen molar-refractivity contribution in [3.8, 4) is 0 Å². The van der Waals surface area contributed by atoms with E-state index < -0.39 is 0 Å². The highest BCUT2D eigenvalue weighted by molar-refractivity contribution is 5.42. The maximum Gasteiger partial charge on any atom is 0.0559 e. The molecule has 0 bridgehead atoms. The molecule has 0 saturated heterocycles. The van der Waals surface area contributed by atoms with Crippen molar-refractivity contribution in [2.75, 3.05) is 12.4 Å². The summed E-state index contributed by atoms with van der Waals surface area (Å²) in [6.07, 6.45) is 1.74. The van der Waals surface area contributed by atoms with E-state index in [1.165, 1.54) is 0 Å². The summed E-state index contributed by atoms with van der Waals surface area (Å²) in [6, 6.07) is 3.83. The van der Waals surface area contributed by atoms with Crippen molar-refractivity contribution < 1.29 is 0 Å². The van der Waals surface area contributed by atoms with Gasteiger partial charge >= 0.3 is 0 Å². The number of rotatable bonds is 2. The smallest absolute Gasteiger partial charge is 0.0559 e. The number of hydrogen-bond acceptors (Lipinski definition) is 3. The van der Waals surface area contributed by atoms with Gasteiger partial charge < -0.3 is 11.1 Å². The zero-order valence-electron chi connectivity index (χ0n) is 5.96. The Morgan fingerprint density at radius 3 is 3.10 bits per heavy atom. The van der Waals surface area contributed by atoms with Crippen molar-refractivity contribution >= 4 is 5.69 Å². The van der Waals surface area contributed by atoms with Crippen LogP contribution in [0.2, 0.25) is 0 Å². The van der Waals surface area contributed by atoms with Crippen molar-refractivity contribution in [2.45, 2.75) is 6.54 Å². The zero-order valence-corrected chi connectivity index (χ0v) is 5.96. The Morgan fingerprint density at radius 1 is 1.70 bits per heavy atom. The molecule has 0 amide bonds. The number of aromatic nitrogens is 1. The average Bonchev–Trinajstić information content (AvgIpc) is 2.05. The van der Waals surface area contributed by atoms with E-state index in [-0.39, 0.29) is 0 Å². The molecule has 0 spiro atoms. The van der Waals surface area contributed by atoms with Crippen molar-refractivity contribution in [2.24, 2.45) is 5.73 Å². The molecule has 0 saturated carbocycles. The summed E-state index contributed by atoms with van der Waals surface area (Å²) in [7, 11) is 1.87. The summed E-state index contributed by atoms with van der Waals surface area (Å²) in [4.78, 5) is 4.04. The van der Waals surface area contributed by atoms with Crippen LogP contribution >= 0.6 is 0 Å². The maximum atomic E-state index is 5.38. The van der Waals surface area contributed by atoms with Gasteiger partial charge in [-0.3, -0.25) is 4.98 Å². The summed E-state index contributed by atoms with van der Waals surface area (Å²) >= 11 is 0. The SMILES string of the molecule is CNc1ccnc(CN)c1. The minimum absolute atomic E-state index is 0.496. The molecule has 0 aliphatic heterocycles. The highest BCUT2D eigenvalue weighted by atomic mass is 14.8. The lowest BCUT2D eigenvalue weighted by molar-refractivity contribution is 0.991. The zero-order chi connectivity index (χ0) is 7.40. The number of pyridine rings is 1. The first kappa shape index (κ1) is 7.02. The summed E-state index contributed by atoms with van der Waals surface area (Å²) in [5.74, 6) is 0. The molecule has 1 aromatic rings. The number of nitrogens with two attached hydrogens (primary N) is 1. The van der Waals surface area contributed by atoms with Crippen LogP contribution in [0.5, 0.6) is 0 Å². The largest absolute Gasteiger partial charge is 0.388 e. The number of nitrogens with one attached hydrogen (secondary N) is 1. The van der Waals surface area contributed by atoms with Gasteiger partial charge in [0.25, 0.3) is 0 Å². The molecular weight excluding hydrogens is 126 g/mol. The molecule has 1 heterocycles. The Morgan fingerprint density at radius 2 is 2.50 bits per heavy atom. The fourth-order valence-electron chi connectivity index (χ4n) is 0.745. The Labute approximate surface area is 60.3 Å². The quantitative estimate of drug-likeness (QED) is 0.627. The molecule has 54 valence electrons. The molecular formula is C7H11N3. The summed E-state index contributed by atoms with van der Waals surface area (Å²) < 4.78 is 0. The van der Waals surface area contributed by atoms with E-state index in [1.54, 1.807) is 6.20 Å².